The summed E-state index contributed by atoms with van der Waals surface area (Å²) in [6, 6.07) is 0. The highest BCUT2D eigenvalue weighted by Crippen LogP contribution is 2.16. The molecule has 0 aromatic carbocycles. The van der Waals surface area contributed by atoms with Gasteiger partial charge in [-0.05, 0) is 25.4 Å². The topological polar surface area (TPSA) is 57.2 Å². The van der Waals surface area contributed by atoms with Crippen LogP contribution in [0.25, 0.3) is 0 Å². The molecule has 0 amide bonds. The molecule has 0 saturated carbocycles. The number of anilines is 2. The Bertz CT molecular complexity index is 389. The summed E-state index contributed by atoms with van der Waals surface area (Å²) in [6.07, 6.45) is 0. The van der Waals surface area contributed by atoms with Gasteiger partial charge in [0, 0.05) is 39.3 Å². The van der Waals surface area contributed by atoms with Gasteiger partial charge in [0.25, 0.3) is 0 Å². The molecular formula is C11H19ClN6. The highest BCUT2D eigenvalue weighted by atomic mass is 35.5. The Labute approximate surface area is 112 Å². The lowest BCUT2D eigenvalue weighted by Crippen LogP contribution is -2.44. The second kappa shape index (κ2) is 6.15. The van der Waals surface area contributed by atoms with Crippen LogP contribution in [-0.2, 0) is 0 Å². The molecule has 2 rings (SSSR count). The summed E-state index contributed by atoms with van der Waals surface area (Å²) in [5, 5.41) is 3.57. The predicted octanol–water partition coefficient (Wildman–Crippen LogP) is 0.781. The van der Waals surface area contributed by atoms with Gasteiger partial charge < -0.3 is 15.1 Å². The van der Waals surface area contributed by atoms with E-state index in [9.17, 15) is 0 Å². The molecule has 100 valence electrons. The van der Waals surface area contributed by atoms with Crippen molar-refractivity contribution in [2.45, 2.75) is 13.8 Å². The van der Waals surface area contributed by atoms with Crippen LogP contribution in [0.3, 0.4) is 0 Å². The summed E-state index contributed by atoms with van der Waals surface area (Å²) >= 11 is 6.00. The van der Waals surface area contributed by atoms with Gasteiger partial charge in [-0.2, -0.15) is 15.0 Å². The maximum absolute atomic E-state index is 6.00. The third-order valence-electron chi connectivity index (χ3n) is 3.03. The number of hydrogen-bond donors (Lipinski definition) is 1. The quantitative estimate of drug-likeness (QED) is 0.873. The van der Waals surface area contributed by atoms with Crippen LogP contribution in [0.1, 0.15) is 13.8 Å². The van der Waals surface area contributed by atoms with Crippen molar-refractivity contribution in [1.82, 2.24) is 20.3 Å². The van der Waals surface area contributed by atoms with Crippen LogP contribution in [0.2, 0.25) is 5.28 Å². The summed E-state index contributed by atoms with van der Waals surface area (Å²) in [5.74, 6) is 1.34. The van der Waals surface area contributed by atoms with Crippen LogP contribution >= 0.6 is 11.6 Å². The Hall–Kier alpha value is -1.14. The first-order valence-electron chi connectivity index (χ1n) is 6.36. The molecule has 0 atom stereocenters. The predicted molar refractivity (Wildman–Crippen MR) is 73.5 cm³/mol. The van der Waals surface area contributed by atoms with Gasteiger partial charge in [0.15, 0.2) is 0 Å². The van der Waals surface area contributed by atoms with Crippen molar-refractivity contribution >= 4 is 23.5 Å². The van der Waals surface area contributed by atoms with Gasteiger partial charge in [-0.3, -0.25) is 0 Å². The molecule has 1 saturated heterocycles. The maximum atomic E-state index is 6.00. The van der Waals surface area contributed by atoms with E-state index in [4.69, 9.17) is 11.6 Å². The van der Waals surface area contributed by atoms with Crippen LogP contribution in [0.5, 0.6) is 0 Å². The maximum Gasteiger partial charge on any atom is 0.231 e. The van der Waals surface area contributed by atoms with Gasteiger partial charge in [0.2, 0.25) is 17.2 Å². The first-order valence-corrected chi connectivity index (χ1v) is 6.74. The van der Waals surface area contributed by atoms with Crippen LogP contribution in [-0.4, -0.2) is 54.2 Å². The van der Waals surface area contributed by atoms with Crippen LogP contribution < -0.4 is 15.1 Å². The van der Waals surface area contributed by atoms with E-state index in [1.54, 1.807) is 0 Å². The Balaban J connectivity index is 2.24. The molecule has 1 aromatic rings. The fourth-order valence-corrected chi connectivity index (χ4v) is 2.13. The first-order chi connectivity index (χ1) is 8.74. The second-order valence-corrected chi connectivity index (χ2v) is 4.45. The molecule has 0 bridgehead atoms. The molecule has 1 aromatic heterocycles. The van der Waals surface area contributed by atoms with Crippen molar-refractivity contribution in [2.24, 2.45) is 0 Å². The van der Waals surface area contributed by atoms with E-state index < -0.39 is 0 Å². The summed E-state index contributed by atoms with van der Waals surface area (Å²) in [6.45, 7) is 9.57. The number of aromatic nitrogens is 3. The molecule has 7 heteroatoms. The molecule has 1 fully saturated rings. The summed E-state index contributed by atoms with van der Waals surface area (Å²) in [7, 11) is 0. The molecule has 1 N–H and O–H groups in total. The van der Waals surface area contributed by atoms with Crippen molar-refractivity contribution < 1.29 is 0 Å². The van der Waals surface area contributed by atoms with E-state index in [1.807, 2.05) is 0 Å². The standard InChI is InChI=1S/C11H19ClN6/c1-3-17(4-2)10-14-9(12)15-11(16-10)18-7-5-13-6-8-18/h13H,3-8H2,1-2H3. The second-order valence-electron chi connectivity index (χ2n) is 4.11. The molecule has 0 aliphatic carbocycles. The zero-order valence-corrected chi connectivity index (χ0v) is 11.6. The van der Waals surface area contributed by atoms with Crippen LogP contribution in [0.4, 0.5) is 11.9 Å². The number of rotatable bonds is 4. The lowest BCUT2D eigenvalue weighted by Gasteiger charge is -2.28. The van der Waals surface area contributed by atoms with Gasteiger partial charge in [0.05, 0.1) is 0 Å². The van der Waals surface area contributed by atoms with E-state index in [1.165, 1.54) is 0 Å². The average molecular weight is 271 g/mol. The lowest BCUT2D eigenvalue weighted by molar-refractivity contribution is 0.578. The third kappa shape index (κ3) is 3.00. The van der Waals surface area contributed by atoms with Crippen LogP contribution in [0, 0.1) is 0 Å². The Morgan fingerprint density at radius 2 is 1.83 bits per heavy atom. The van der Waals surface area contributed by atoms with E-state index in [0.717, 1.165) is 39.3 Å². The number of nitrogens with one attached hydrogen (secondary N) is 1. The summed E-state index contributed by atoms with van der Waals surface area (Å²) < 4.78 is 0. The lowest BCUT2D eigenvalue weighted by atomic mass is 10.4. The SMILES string of the molecule is CCN(CC)c1nc(Cl)nc(N2CCNCC2)n1. The van der Waals surface area contributed by atoms with E-state index in [0.29, 0.717) is 11.9 Å². The van der Waals surface area contributed by atoms with Crippen molar-refractivity contribution in [1.29, 1.82) is 0 Å². The van der Waals surface area contributed by atoms with E-state index in [-0.39, 0.29) is 5.28 Å². The van der Waals surface area contributed by atoms with Gasteiger partial charge in [0.1, 0.15) is 0 Å². The minimum absolute atomic E-state index is 0.264. The Kier molecular flexibility index (Phi) is 4.54. The zero-order valence-electron chi connectivity index (χ0n) is 10.9. The third-order valence-corrected chi connectivity index (χ3v) is 3.20. The molecule has 0 radical (unpaired) electrons. The highest BCUT2D eigenvalue weighted by Gasteiger charge is 2.17. The minimum Gasteiger partial charge on any atom is -0.341 e. The Morgan fingerprint density at radius 1 is 1.17 bits per heavy atom. The van der Waals surface area contributed by atoms with Gasteiger partial charge >= 0.3 is 0 Å². The number of piperazine rings is 1. The zero-order chi connectivity index (χ0) is 13.0. The molecule has 18 heavy (non-hydrogen) atoms. The number of hydrogen-bond acceptors (Lipinski definition) is 6. The largest absolute Gasteiger partial charge is 0.341 e. The molecule has 0 unspecified atom stereocenters. The smallest absolute Gasteiger partial charge is 0.231 e. The minimum atomic E-state index is 0.264. The molecule has 6 nitrogen and oxygen atoms in total. The first kappa shape index (κ1) is 13.3. The van der Waals surface area contributed by atoms with Crippen molar-refractivity contribution in [2.75, 3.05) is 49.1 Å². The van der Waals surface area contributed by atoms with Gasteiger partial charge in [-0.15, -0.1) is 0 Å². The summed E-state index contributed by atoms with van der Waals surface area (Å²) in [4.78, 5) is 17.1. The fraction of sp³-hybridized carbons (Fsp3) is 0.727. The molecular weight excluding hydrogens is 252 g/mol. The monoisotopic (exact) mass is 270 g/mol. The Morgan fingerprint density at radius 3 is 2.44 bits per heavy atom. The summed E-state index contributed by atoms with van der Waals surface area (Å²) in [5.41, 5.74) is 0. The molecule has 1 aliphatic rings. The van der Waals surface area contributed by atoms with Crippen molar-refractivity contribution in [3.8, 4) is 0 Å². The highest BCUT2D eigenvalue weighted by molar-refractivity contribution is 6.28. The van der Waals surface area contributed by atoms with Crippen molar-refractivity contribution in [3.05, 3.63) is 5.28 Å². The van der Waals surface area contributed by atoms with E-state index >= 15 is 0 Å². The fourth-order valence-electron chi connectivity index (χ4n) is 1.98. The van der Waals surface area contributed by atoms with Crippen LogP contribution in [0.15, 0.2) is 0 Å². The molecule has 0 spiro atoms. The van der Waals surface area contributed by atoms with Gasteiger partial charge in [-0.1, -0.05) is 0 Å². The number of halogens is 1. The van der Waals surface area contributed by atoms with Crippen molar-refractivity contribution in [3.63, 3.8) is 0 Å². The average Bonchev–Trinajstić information content (AvgIpc) is 2.40. The normalized spacial score (nSPS) is 15.8. The molecule has 1 aliphatic heterocycles. The van der Waals surface area contributed by atoms with Gasteiger partial charge in [-0.25, -0.2) is 0 Å². The number of nitrogens with zero attached hydrogens (tertiary/aromatic N) is 5. The van der Waals surface area contributed by atoms with E-state index in [2.05, 4.69) is 43.9 Å². The molecule has 2 heterocycles.